The van der Waals surface area contributed by atoms with Crippen LogP contribution in [0.15, 0.2) is 53.3 Å². The molecule has 0 spiro atoms. The molecule has 9 nitrogen and oxygen atoms in total. The number of benzene rings is 2. The molecule has 5 rings (SSSR count). The Balaban J connectivity index is 1.33. The molecule has 1 aliphatic heterocycles. The van der Waals surface area contributed by atoms with Crippen molar-refractivity contribution in [3.8, 4) is 17.1 Å². The number of methoxy groups -OCH3 is 1. The third-order valence-electron chi connectivity index (χ3n) is 6.86. The standard InChI is InChI=1S/C27H32N6O3/c1-18(32-13-3-4-14-32)20-9-11-22(12-10-20)21-7-5-19(6-8-21)17-33-25-23(29-27(33)34)24(28)30-26(31-25)36-16-15-35-2/h5-12,18H,3-4,13-17H2,1-2H3,(H,29,34)(H2,28,30,31). The molecule has 0 saturated carbocycles. The van der Waals surface area contributed by atoms with Gasteiger partial charge < -0.3 is 20.2 Å². The van der Waals surface area contributed by atoms with E-state index in [0.717, 1.165) is 11.1 Å². The summed E-state index contributed by atoms with van der Waals surface area (Å²) >= 11 is 0. The van der Waals surface area contributed by atoms with Crippen molar-refractivity contribution in [1.29, 1.82) is 0 Å². The van der Waals surface area contributed by atoms with Crippen LogP contribution >= 0.6 is 0 Å². The van der Waals surface area contributed by atoms with Gasteiger partial charge in [-0.1, -0.05) is 48.5 Å². The van der Waals surface area contributed by atoms with Crippen molar-refractivity contribution in [2.45, 2.75) is 32.4 Å². The Morgan fingerprint density at radius 2 is 1.67 bits per heavy atom. The van der Waals surface area contributed by atoms with E-state index in [1.807, 2.05) is 12.1 Å². The number of rotatable bonds is 9. The van der Waals surface area contributed by atoms with Gasteiger partial charge in [-0.25, -0.2) is 4.79 Å². The molecule has 0 aliphatic carbocycles. The summed E-state index contributed by atoms with van der Waals surface area (Å²) in [6, 6.07) is 17.6. The number of anilines is 1. The fourth-order valence-electron chi connectivity index (χ4n) is 4.74. The molecule has 3 heterocycles. The quantitative estimate of drug-likeness (QED) is 0.346. The second-order valence-corrected chi connectivity index (χ2v) is 9.19. The lowest BCUT2D eigenvalue weighted by molar-refractivity contribution is 0.141. The van der Waals surface area contributed by atoms with Gasteiger partial charge in [0.1, 0.15) is 12.1 Å². The zero-order valence-corrected chi connectivity index (χ0v) is 20.7. The summed E-state index contributed by atoms with van der Waals surface area (Å²) in [6.45, 7) is 5.69. The summed E-state index contributed by atoms with van der Waals surface area (Å²) in [7, 11) is 1.59. The maximum absolute atomic E-state index is 12.7. The first-order valence-corrected chi connectivity index (χ1v) is 12.3. The van der Waals surface area contributed by atoms with E-state index in [0.29, 0.717) is 30.4 Å². The van der Waals surface area contributed by atoms with E-state index in [9.17, 15) is 4.79 Å². The van der Waals surface area contributed by atoms with Crippen LogP contribution in [0.1, 0.15) is 36.9 Å². The van der Waals surface area contributed by atoms with Crippen molar-refractivity contribution in [2.75, 3.05) is 39.1 Å². The largest absolute Gasteiger partial charge is 0.461 e. The molecule has 9 heteroatoms. The van der Waals surface area contributed by atoms with E-state index in [1.165, 1.54) is 37.1 Å². The van der Waals surface area contributed by atoms with Gasteiger partial charge in [-0.05, 0) is 55.1 Å². The summed E-state index contributed by atoms with van der Waals surface area (Å²) < 4.78 is 12.0. The molecular weight excluding hydrogens is 456 g/mol. The number of nitrogens with zero attached hydrogens (tertiary/aromatic N) is 4. The highest BCUT2D eigenvalue weighted by Gasteiger charge is 2.19. The Kier molecular flexibility index (Phi) is 7.02. The number of ether oxygens (including phenoxy) is 2. The number of imidazole rings is 1. The molecule has 1 fully saturated rings. The van der Waals surface area contributed by atoms with E-state index >= 15 is 0 Å². The van der Waals surface area contributed by atoms with Crippen LogP contribution in [0.25, 0.3) is 22.3 Å². The summed E-state index contributed by atoms with van der Waals surface area (Å²) in [5.41, 5.74) is 11.2. The lowest BCUT2D eigenvalue weighted by Crippen LogP contribution is -2.23. The van der Waals surface area contributed by atoms with Crippen LogP contribution in [0, 0.1) is 0 Å². The van der Waals surface area contributed by atoms with Crippen molar-refractivity contribution >= 4 is 17.0 Å². The lowest BCUT2D eigenvalue weighted by atomic mass is 10.00. The Labute approximate surface area is 209 Å². The highest BCUT2D eigenvalue weighted by atomic mass is 16.5. The lowest BCUT2D eigenvalue weighted by Gasteiger charge is -2.24. The number of aromatic amines is 1. The van der Waals surface area contributed by atoms with Gasteiger partial charge in [0, 0.05) is 13.2 Å². The van der Waals surface area contributed by atoms with Crippen molar-refractivity contribution in [3.05, 3.63) is 70.1 Å². The number of likely N-dealkylation sites (tertiary alicyclic amines) is 1. The predicted molar refractivity (Wildman–Crippen MR) is 140 cm³/mol. The molecule has 2 aromatic heterocycles. The first-order chi connectivity index (χ1) is 17.5. The molecule has 3 N–H and O–H groups in total. The third-order valence-corrected chi connectivity index (χ3v) is 6.86. The molecule has 1 atom stereocenters. The molecule has 188 valence electrons. The average Bonchev–Trinajstić information content (AvgIpc) is 3.54. The van der Waals surface area contributed by atoms with Crippen LogP contribution in [0.3, 0.4) is 0 Å². The normalized spacial score (nSPS) is 14.9. The Morgan fingerprint density at radius 3 is 2.33 bits per heavy atom. The molecular formula is C27H32N6O3. The highest BCUT2D eigenvalue weighted by Crippen LogP contribution is 2.27. The van der Waals surface area contributed by atoms with E-state index in [2.05, 4.69) is 63.2 Å². The van der Waals surface area contributed by atoms with Crippen molar-refractivity contribution in [2.24, 2.45) is 0 Å². The maximum atomic E-state index is 12.7. The number of nitrogens with one attached hydrogen (secondary N) is 1. The zero-order chi connectivity index (χ0) is 25.1. The van der Waals surface area contributed by atoms with Crippen molar-refractivity contribution in [1.82, 2.24) is 24.4 Å². The SMILES string of the molecule is COCCOc1nc(N)c2[nH]c(=O)n(Cc3ccc(-c4ccc(C(C)N5CCCC5)cc4)cc3)c2n1. The summed E-state index contributed by atoms with van der Waals surface area (Å²) in [4.78, 5) is 26.5. The first kappa shape index (κ1) is 24.0. The summed E-state index contributed by atoms with van der Waals surface area (Å²) in [6.07, 6.45) is 2.59. The molecule has 1 unspecified atom stereocenters. The fraction of sp³-hybridized carbons (Fsp3) is 0.370. The minimum Gasteiger partial charge on any atom is -0.461 e. The Bertz CT molecular complexity index is 1370. The van der Waals surface area contributed by atoms with E-state index < -0.39 is 0 Å². The van der Waals surface area contributed by atoms with Gasteiger partial charge in [0.05, 0.1) is 13.2 Å². The number of nitrogen functional groups attached to an aromatic ring is 1. The number of hydrogen-bond acceptors (Lipinski definition) is 7. The Hall–Kier alpha value is -3.69. The van der Waals surface area contributed by atoms with Crippen LogP contribution in [0.2, 0.25) is 0 Å². The van der Waals surface area contributed by atoms with Gasteiger partial charge in [-0.2, -0.15) is 9.97 Å². The molecule has 0 radical (unpaired) electrons. The van der Waals surface area contributed by atoms with Crippen LogP contribution in [-0.2, 0) is 11.3 Å². The first-order valence-electron chi connectivity index (χ1n) is 12.3. The number of H-pyrrole nitrogens is 1. The van der Waals surface area contributed by atoms with Gasteiger partial charge in [0.15, 0.2) is 11.5 Å². The smallest absolute Gasteiger partial charge is 0.328 e. The fourth-order valence-corrected chi connectivity index (χ4v) is 4.74. The minimum absolute atomic E-state index is 0.114. The number of aromatic nitrogens is 4. The van der Waals surface area contributed by atoms with E-state index in [1.54, 1.807) is 11.7 Å². The van der Waals surface area contributed by atoms with Crippen LogP contribution in [0.4, 0.5) is 5.82 Å². The van der Waals surface area contributed by atoms with Gasteiger partial charge in [0.2, 0.25) is 0 Å². The van der Waals surface area contributed by atoms with Crippen molar-refractivity contribution < 1.29 is 9.47 Å². The molecule has 0 amide bonds. The predicted octanol–water partition coefficient (Wildman–Crippen LogP) is 3.60. The van der Waals surface area contributed by atoms with Crippen LogP contribution in [-0.4, -0.2) is 57.8 Å². The molecule has 1 aliphatic rings. The van der Waals surface area contributed by atoms with Gasteiger partial charge in [-0.15, -0.1) is 0 Å². The molecule has 36 heavy (non-hydrogen) atoms. The average molecular weight is 489 g/mol. The maximum Gasteiger partial charge on any atom is 0.328 e. The van der Waals surface area contributed by atoms with Crippen molar-refractivity contribution in [3.63, 3.8) is 0 Å². The zero-order valence-electron chi connectivity index (χ0n) is 20.7. The van der Waals surface area contributed by atoms with Crippen LogP contribution in [0.5, 0.6) is 6.01 Å². The van der Waals surface area contributed by atoms with Gasteiger partial charge in [0.25, 0.3) is 0 Å². The molecule has 4 aromatic rings. The number of nitrogens with two attached hydrogens (primary N) is 1. The van der Waals surface area contributed by atoms with Gasteiger partial charge >= 0.3 is 11.7 Å². The second-order valence-electron chi connectivity index (χ2n) is 9.19. The third kappa shape index (κ3) is 4.98. The number of fused-ring (bicyclic) bond motifs is 1. The molecule has 2 aromatic carbocycles. The molecule has 0 bridgehead atoms. The summed E-state index contributed by atoms with van der Waals surface area (Å²) in [5.74, 6) is 0.168. The second kappa shape index (κ2) is 10.5. The topological polar surface area (TPSA) is 111 Å². The van der Waals surface area contributed by atoms with Crippen LogP contribution < -0.4 is 16.2 Å². The summed E-state index contributed by atoms with van der Waals surface area (Å²) in [5, 5.41) is 0. The van der Waals surface area contributed by atoms with E-state index in [4.69, 9.17) is 15.2 Å². The monoisotopic (exact) mass is 488 g/mol. The highest BCUT2D eigenvalue weighted by molar-refractivity contribution is 5.82. The Morgan fingerprint density at radius 1 is 1.00 bits per heavy atom. The van der Waals surface area contributed by atoms with Gasteiger partial charge in [-0.3, -0.25) is 9.47 Å². The van der Waals surface area contributed by atoms with E-state index in [-0.39, 0.29) is 24.1 Å². The minimum atomic E-state index is -0.299. The number of hydrogen-bond donors (Lipinski definition) is 2. The molecule has 1 saturated heterocycles.